The summed E-state index contributed by atoms with van der Waals surface area (Å²) in [5, 5.41) is 10.0. The van der Waals surface area contributed by atoms with E-state index in [0.29, 0.717) is 5.56 Å². The predicted molar refractivity (Wildman–Crippen MR) is 237 cm³/mol. The third-order valence-electron chi connectivity index (χ3n) is 11.4. The molecule has 2 heteroatoms. The SMILES string of the molecule is [2H]c1c([2H])c([2H])c(-c2c3ccccc3c(-c3cc(-c4ccc5oc6ccccc6c5c4-n4c5ccccc5c5ccccc54)cc4ccccc34)c3ccccc23)c([2H])c1[2H]. The van der Waals surface area contributed by atoms with E-state index >= 15 is 0 Å². The molecular formula is C54H33NO. The smallest absolute Gasteiger partial charge is 0.137 e. The normalized spacial score (nSPS) is 13.2. The Bertz CT molecular complexity index is 3700. The molecule has 0 spiro atoms. The van der Waals surface area contributed by atoms with E-state index in [9.17, 15) is 0 Å². The molecule has 2 heterocycles. The number of hydrogen-bond acceptors (Lipinski definition) is 1. The molecule has 0 bridgehead atoms. The number of aromatic nitrogens is 1. The first-order valence-corrected chi connectivity index (χ1v) is 18.9. The fraction of sp³-hybridized carbons (Fsp3) is 0. The fourth-order valence-corrected chi connectivity index (χ4v) is 9.16. The van der Waals surface area contributed by atoms with Crippen LogP contribution in [0.4, 0.5) is 0 Å². The maximum atomic E-state index is 9.07. The van der Waals surface area contributed by atoms with Gasteiger partial charge in [-0.25, -0.2) is 0 Å². The fourth-order valence-electron chi connectivity index (χ4n) is 9.16. The number of nitrogens with zero attached hydrogens (tertiary/aromatic N) is 1. The lowest BCUT2D eigenvalue weighted by molar-refractivity contribution is 0.669. The first-order valence-electron chi connectivity index (χ1n) is 21.4. The second-order valence-electron chi connectivity index (χ2n) is 14.4. The Labute approximate surface area is 330 Å². The molecule has 0 atom stereocenters. The maximum absolute atomic E-state index is 9.07. The van der Waals surface area contributed by atoms with Gasteiger partial charge in [0.05, 0.1) is 29.0 Å². The molecule has 10 aromatic carbocycles. The van der Waals surface area contributed by atoms with Crippen molar-refractivity contribution < 1.29 is 11.3 Å². The van der Waals surface area contributed by atoms with Crippen molar-refractivity contribution in [2.45, 2.75) is 0 Å². The van der Waals surface area contributed by atoms with E-state index in [2.05, 4.69) is 126 Å². The Morgan fingerprint density at radius 1 is 0.393 bits per heavy atom. The molecule has 2 nitrogen and oxygen atoms in total. The van der Waals surface area contributed by atoms with Gasteiger partial charge in [0.15, 0.2) is 0 Å². The van der Waals surface area contributed by atoms with Gasteiger partial charge in [-0.2, -0.15) is 0 Å². The van der Waals surface area contributed by atoms with Gasteiger partial charge < -0.3 is 8.98 Å². The van der Waals surface area contributed by atoms with E-state index in [1.807, 2.05) is 48.5 Å². The lowest BCUT2D eigenvalue weighted by Gasteiger charge is -2.21. The van der Waals surface area contributed by atoms with Gasteiger partial charge in [0.1, 0.15) is 11.2 Å². The molecule has 0 saturated carbocycles. The number of hydrogen-bond donors (Lipinski definition) is 0. The van der Waals surface area contributed by atoms with Gasteiger partial charge in [0.25, 0.3) is 0 Å². The van der Waals surface area contributed by atoms with Crippen LogP contribution in [0.5, 0.6) is 0 Å². The molecule has 0 aliphatic rings. The topological polar surface area (TPSA) is 18.1 Å². The molecule has 0 aliphatic carbocycles. The molecular weight excluding hydrogens is 679 g/mol. The van der Waals surface area contributed by atoms with Crippen LogP contribution < -0.4 is 0 Å². The van der Waals surface area contributed by atoms with Crippen LogP contribution in [0, 0.1) is 0 Å². The van der Waals surface area contributed by atoms with Gasteiger partial charge in [-0.1, -0.05) is 158 Å². The van der Waals surface area contributed by atoms with Crippen molar-refractivity contribution in [3.05, 3.63) is 200 Å². The highest BCUT2D eigenvalue weighted by atomic mass is 16.3. The third kappa shape index (κ3) is 4.44. The Hall–Kier alpha value is -7.42. The first-order chi connectivity index (χ1) is 29.9. The number of fused-ring (bicyclic) bond motifs is 9. The zero-order valence-corrected chi connectivity index (χ0v) is 30.0. The van der Waals surface area contributed by atoms with Gasteiger partial charge >= 0.3 is 0 Å². The second kappa shape index (κ2) is 12.0. The van der Waals surface area contributed by atoms with Gasteiger partial charge in [0.2, 0.25) is 0 Å². The molecule has 2 aromatic heterocycles. The van der Waals surface area contributed by atoms with E-state index in [1.54, 1.807) is 0 Å². The monoisotopic (exact) mass is 716 g/mol. The highest BCUT2D eigenvalue weighted by Crippen LogP contribution is 2.48. The lowest BCUT2D eigenvalue weighted by atomic mass is 9.83. The quantitative estimate of drug-likeness (QED) is 0.166. The van der Waals surface area contributed by atoms with Gasteiger partial charge in [-0.15, -0.1) is 0 Å². The van der Waals surface area contributed by atoms with Gasteiger partial charge in [-0.05, 0) is 103 Å². The third-order valence-corrected chi connectivity index (χ3v) is 11.4. The average molecular weight is 717 g/mol. The minimum Gasteiger partial charge on any atom is -0.456 e. The standard InChI is InChI=1S/C54H33NO/c1-2-16-34(17-3-1)51-41-22-6-8-24-43(41)52(44-25-9-7-23-42(44)51)46-33-36(32-35-18-4-5-19-37(35)46)38-30-31-50-53(45-26-12-15-29-49(45)56-50)54(38)55-47-27-13-10-20-39(47)40-21-11-14-28-48(40)55/h1-33H/i1D,2D,3D,16D,17D. The van der Waals surface area contributed by atoms with Crippen LogP contribution in [0.15, 0.2) is 204 Å². The van der Waals surface area contributed by atoms with E-state index < -0.39 is 6.04 Å². The van der Waals surface area contributed by atoms with Crippen molar-refractivity contribution in [1.29, 1.82) is 0 Å². The largest absolute Gasteiger partial charge is 0.456 e. The number of rotatable bonds is 4. The van der Waals surface area contributed by atoms with E-state index in [4.69, 9.17) is 11.3 Å². The highest BCUT2D eigenvalue weighted by Gasteiger charge is 2.24. The summed E-state index contributed by atoms with van der Waals surface area (Å²) >= 11 is 0. The molecule has 12 aromatic rings. The van der Waals surface area contributed by atoms with Gasteiger partial charge in [-0.3, -0.25) is 0 Å². The summed E-state index contributed by atoms with van der Waals surface area (Å²) < 4.78 is 52.7. The molecule has 0 radical (unpaired) electrons. The summed E-state index contributed by atoms with van der Waals surface area (Å²) in [5.74, 6) is 0. The van der Waals surface area contributed by atoms with Crippen molar-refractivity contribution in [3.63, 3.8) is 0 Å². The summed E-state index contributed by atoms with van der Waals surface area (Å²) in [6.45, 7) is 0. The van der Waals surface area contributed by atoms with Crippen LogP contribution in [0.1, 0.15) is 6.85 Å². The molecule has 0 N–H and O–H groups in total. The van der Waals surface area contributed by atoms with Crippen LogP contribution >= 0.6 is 0 Å². The minimum atomic E-state index is -0.408. The molecule has 260 valence electrons. The minimum absolute atomic E-state index is 0.194. The number of para-hydroxylation sites is 3. The number of benzene rings is 10. The maximum Gasteiger partial charge on any atom is 0.137 e. The molecule has 56 heavy (non-hydrogen) atoms. The summed E-state index contributed by atoms with van der Waals surface area (Å²) in [6.07, 6.45) is 0. The van der Waals surface area contributed by atoms with Crippen LogP contribution in [-0.4, -0.2) is 4.57 Å². The number of furan rings is 1. The van der Waals surface area contributed by atoms with Crippen molar-refractivity contribution in [1.82, 2.24) is 4.57 Å². The Morgan fingerprint density at radius 2 is 0.929 bits per heavy atom. The molecule has 0 aliphatic heterocycles. The van der Waals surface area contributed by atoms with E-state index in [1.165, 1.54) is 10.8 Å². The van der Waals surface area contributed by atoms with Crippen molar-refractivity contribution in [2.75, 3.05) is 0 Å². The summed E-state index contributed by atoms with van der Waals surface area (Å²) in [7, 11) is 0. The molecule has 0 amide bonds. The van der Waals surface area contributed by atoms with Crippen molar-refractivity contribution >= 4 is 76.1 Å². The van der Waals surface area contributed by atoms with Crippen LogP contribution in [0.25, 0.3) is 115 Å². The molecule has 0 fully saturated rings. The van der Waals surface area contributed by atoms with E-state index in [-0.39, 0.29) is 29.7 Å². The zero-order chi connectivity index (χ0) is 41.1. The Balaban J connectivity index is 1.23. The average Bonchev–Trinajstić information content (AvgIpc) is 3.85. The zero-order valence-electron chi connectivity index (χ0n) is 35.0. The van der Waals surface area contributed by atoms with Crippen LogP contribution in [-0.2, 0) is 0 Å². The molecule has 0 unspecified atom stereocenters. The van der Waals surface area contributed by atoms with Crippen LogP contribution in [0.3, 0.4) is 0 Å². The summed E-state index contributed by atoms with van der Waals surface area (Å²) in [4.78, 5) is 0. The Morgan fingerprint density at radius 3 is 1.59 bits per heavy atom. The lowest BCUT2D eigenvalue weighted by Crippen LogP contribution is -1.99. The Kier molecular flexibility index (Phi) is 5.67. The van der Waals surface area contributed by atoms with Gasteiger partial charge in [0, 0.05) is 21.7 Å². The summed E-state index contributed by atoms with van der Waals surface area (Å²) in [6, 6.07) is 57.4. The second-order valence-corrected chi connectivity index (χ2v) is 14.4. The first kappa shape index (κ1) is 26.4. The molecule has 0 saturated heterocycles. The van der Waals surface area contributed by atoms with E-state index in [0.717, 1.165) is 93.2 Å². The molecule has 12 rings (SSSR count). The summed E-state index contributed by atoms with van der Waals surface area (Å²) in [5.41, 5.74) is 9.80. The highest BCUT2D eigenvalue weighted by molar-refractivity contribution is 6.24. The predicted octanol–water partition coefficient (Wildman–Crippen LogP) is 15.1. The van der Waals surface area contributed by atoms with Crippen molar-refractivity contribution in [2.24, 2.45) is 0 Å². The van der Waals surface area contributed by atoms with Crippen LogP contribution in [0.2, 0.25) is 0 Å². The van der Waals surface area contributed by atoms with Crippen molar-refractivity contribution in [3.8, 4) is 39.1 Å².